The molecule has 2 atom stereocenters. The summed E-state index contributed by atoms with van der Waals surface area (Å²) in [5.74, 6) is 2.59. The number of aliphatic imine (C=N–C) groups is 1. The summed E-state index contributed by atoms with van der Waals surface area (Å²) in [5, 5.41) is 3.11. The molecular weight excluding hydrogens is 304 g/mol. The third-order valence-electron chi connectivity index (χ3n) is 4.51. The van der Waals surface area contributed by atoms with Crippen LogP contribution in [0.4, 0.5) is 5.69 Å². The van der Waals surface area contributed by atoms with Crippen LogP contribution in [0.15, 0.2) is 23.2 Å². The number of hydrogen-bond donors (Lipinski definition) is 2. The highest BCUT2D eigenvalue weighted by Gasteiger charge is 2.20. The maximum absolute atomic E-state index is 6.05. The maximum atomic E-state index is 6.05. The Kier molecular flexibility index (Phi) is 6.73. The SMILES string of the molecule is COc1ccc(OC)c(NC(N)=NCC(C)N2CCCC(C)C2)c1. The number of anilines is 1. The lowest BCUT2D eigenvalue weighted by molar-refractivity contribution is 0.142. The van der Waals surface area contributed by atoms with Crippen molar-refractivity contribution in [1.82, 2.24) is 4.90 Å². The highest BCUT2D eigenvalue weighted by Crippen LogP contribution is 2.28. The van der Waals surface area contributed by atoms with Gasteiger partial charge in [-0.05, 0) is 44.4 Å². The maximum Gasteiger partial charge on any atom is 0.193 e. The standard InChI is InChI=1S/C18H30N4O2/c1-13-6-5-9-22(12-13)14(2)11-20-18(19)21-16-10-15(23-3)7-8-17(16)24-4/h7-8,10,13-14H,5-6,9,11-12H2,1-4H3,(H3,19,20,21). The summed E-state index contributed by atoms with van der Waals surface area (Å²) in [6, 6.07) is 5.92. The monoisotopic (exact) mass is 334 g/mol. The van der Waals surface area contributed by atoms with Crippen LogP contribution in [0, 0.1) is 5.92 Å². The summed E-state index contributed by atoms with van der Waals surface area (Å²) in [5.41, 5.74) is 6.80. The Morgan fingerprint density at radius 1 is 1.42 bits per heavy atom. The van der Waals surface area contributed by atoms with Gasteiger partial charge in [-0.1, -0.05) is 6.92 Å². The van der Waals surface area contributed by atoms with Gasteiger partial charge in [-0.2, -0.15) is 0 Å². The molecule has 3 N–H and O–H groups in total. The van der Waals surface area contributed by atoms with Gasteiger partial charge in [0.1, 0.15) is 11.5 Å². The third kappa shape index (κ3) is 5.03. The Morgan fingerprint density at radius 3 is 2.88 bits per heavy atom. The number of ether oxygens (including phenoxy) is 2. The molecule has 0 aliphatic carbocycles. The van der Waals surface area contributed by atoms with Crippen LogP contribution in [-0.2, 0) is 0 Å². The molecule has 24 heavy (non-hydrogen) atoms. The molecule has 1 aromatic carbocycles. The summed E-state index contributed by atoms with van der Waals surface area (Å²) in [6.07, 6.45) is 2.59. The zero-order valence-electron chi connectivity index (χ0n) is 15.2. The molecule has 6 heteroatoms. The van der Waals surface area contributed by atoms with E-state index in [1.165, 1.54) is 12.8 Å². The van der Waals surface area contributed by atoms with Crippen LogP contribution in [0.1, 0.15) is 26.7 Å². The first-order chi connectivity index (χ1) is 11.5. The highest BCUT2D eigenvalue weighted by molar-refractivity contribution is 5.94. The van der Waals surface area contributed by atoms with E-state index in [4.69, 9.17) is 15.2 Å². The van der Waals surface area contributed by atoms with E-state index in [2.05, 4.69) is 29.1 Å². The summed E-state index contributed by atoms with van der Waals surface area (Å²) >= 11 is 0. The van der Waals surface area contributed by atoms with E-state index in [1.54, 1.807) is 14.2 Å². The number of nitrogens with one attached hydrogen (secondary N) is 1. The molecule has 0 aromatic heterocycles. The normalized spacial score (nSPS) is 20.5. The number of likely N-dealkylation sites (tertiary alicyclic amines) is 1. The minimum absolute atomic E-state index is 0.387. The molecule has 0 amide bonds. The van der Waals surface area contributed by atoms with Gasteiger partial charge in [0.2, 0.25) is 0 Å². The molecular formula is C18H30N4O2. The van der Waals surface area contributed by atoms with Crippen molar-refractivity contribution in [1.29, 1.82) is 0 Å². The first kappa shape index (κ1) is 18.4. The van der Waals surface area contributed by atoms with Gasteiger partial charge >= 0.3 is 0 Å². The van der Waals surface area contributed by atoms with E-state index in [9.17, 15) is 0 Å². The molecule has 0 spiro atoms. The Labute approximate surface area is 145 Å². The van der Waals surface area contributed by atoms with Gasteiger partial charge in [0.15, 0.2) is 5.96 Å². The average molecular weight is 334 g/mol. The van der Waals surface area contributed by atoms with Crippen LogP contribution < -0.4 is 20.5 Å². The topological polar surface area (TPSA) is 72.1 Å². The molecule has 134 valence electrons. The van der Waals surface area contributed by atoms with E-state index in [1.807, 2.05) is 18.2 Å². The number of guanidine groups is 1. The second-order valence-corrected chi connectivity index (χ2v) is 6.51. The van der Waals surface area contributed by atoms with Crippen molar-refractivity contribution in [2.75, 3.05) is 39.2 Å². The molecule has 0 bridgehead atoms. The molecule has 1 fully saturated rings. The van der Waals surface area contributed by atoms with Crippen LogP contribution in [0.2, 0.25) is 0 Å². The minimum atomic E-state index is 0.387. The van der Waals surface area contributed by atoms with Crippen molar-refractivity contribution in [3.63, 3.8) is 0 Å². The van der Waals surface area contributed by atoms with Crippen molar-refractivity contribution in [2.45, 2.75) is 32.7 Å². The quantitative estimate of drug-likeness (QED) is 0.618. The molecule has 1 aromatic rings. The highest BCUT2D eigenvalue weighted by atomic mass is 16.5. The Balaban J connectivity index is 1.96. The molecule has 1 aliphatic heterocycles. The fraction of sp³-hybridized carbons (Fsp3) is 0.611. The van der Waals surface area contributed by atoms with Crippen LogP contribution >= 0.6 is 0 Å². The van der Waals surface area contributed by atoms with Crippen molar-refractivity contribution < 1.29 is 9.47 Å². The molecule has 1 heterocycles. The number of rotatable bonds is 6. The van der Waals surface area contributed by atoms with Crippen LogP contribution in [0.5, 0.6) is 11.5 Å². The van der Waals surface area contributed by atoms with Gasteiger partial charge in [-0.3, -0.25) is 9.89 Å². The van der Waals surface area contributed by atoms with E-state index >= 15 is 0 Å². The fourth-order valence-corrected chi connectivity index (χ4v) is 3.06. The largest absolute Gasteiger partial charge is 0.497 e. The second-order valence-electron chi connectivity index (χ2n) is 6.51. The van der Waals surface area contributed by atoms with E-state index in [0.29, 0.717) is 24.3 Å². The smallest absolute Gasteiger partial charge is 0.193 e. The van der Waals surface area contributed by atoms with Crippen molar-refractivity contribution >= 4 is 11.6 Å². The molecule has 0 radical (unpaired) electrons. The van der Waals surface area contributed by atoms with Crippen LogP contribution in [-0.4, -0.2) is 50.8 Å². The molecule has 0 saturated carbocycles. The predicted molar refractivity (Wildman–Crippen MR) is 99.1 cm³/mol. The summed E-state index contributed by atoms with van der Waals surface area (Å²) in [4.78, 5) is 6.99. The van der Waals surface area contributed by atoms with Crippen LogP contribution in [0.3, 0.4) is 0 Å². The Hall–Kier alpha value is -1.95. The van der Waals surface area contributed by atoms with Crippen LogP contribution in [0.25, 0.3) is 0 Å². The van der Waals surface area contributed by atoms with Gasteiger partial charge in [0.05, 0.1) is 26.5 Å². The lowest BCUT2D eigenvalue weighted by atomic mass is 9.99. The van der Waals surface area contributed by atoms with Gasteiger partial charge in [0, 0.05) is 18.7 Å². The van der Waals surface area contributed by atoms with E-state index < -0.39 is 0 Å². The number of methoxy groups -OCH3 is 2. The zero-order valence-corrected chi connectivity index (χ0v) is 15.2. The second kappa shape index (κ2) is 8.78. The number of nitrogens with zero attached hydrogens (tertiary/aromatic N) is 2. The first-order valence-corrected chi connectivity index (χ1v) is 8.56. The first-order valence-electron chi connectivity index (χ1n) is 8.56. The third-order valence-corrected chi connectivity index (χ3v) is 4.51. The van der Waals surface area contributed by atoms with E-state index in [0.717, 1.165) is 30.4 Å². The summed E-state index contributed by atoms with van der Waals surface area (Å²) in [6.45, 7) is 7.50. The van der Waals surface area contributed by atoms with Crippen molar-refractivity contribution in [3.05, 3.63) is 18.2 Å². The molecule has 1 saturated heterocycles. The summed E-state index contributed by atoms with van der Waals surface area (Å²) in [7, 11) is 3.25. The number of piperidine rings is 1. The van der Waals surface area contributed by atoms with E-state index in [-0.39, 0.29) is 0 Å². The molecule has 2 rings (SSSR count). The van der Waals surface area contributed by atoms with Gasteiger partial charge < -0.3 is 20.5 Å². The minimum Gasteiger partial charge on any atom is -0.497 e. The number of hydrogen-bond acceptors (Lipinski definition) is 4. The lowest BCUT2D eigenvalue weighted by Crippen LogP contribution is -2.42. The average Bonchev–Trinajstić information content (AvgIpc) is 2.59. The Bertz CT molecular complexity index is 562. The van der Waals surface area contributed by atoms with Crippen molar-refractivity contribution in [2.24, 2.45) is 16.6 Å². The molecule has 2 unspecified atom stereocenters. The zero-order chi connectivity index (χ0) is 17.5. The van der Waals surface area contributed by atoms with Gasteiger partial charge in [0.25, 0.3) is 0 Å². The molecule has 1 aliphatic rings. The lowest BCUT2D eigenvalue weighted by Gasteiger charge is -2.34. The fourth-order valence-electron chi connectivity index (χ4n) is 3.06. The Morgan fingerprint density at radius 2 is 2.21 bits per heavy atom. The van der Waals surface area contributed by atoms with Crippen molar-refractivity contribution in [3.8, 4) is 11.5 Å². The van der Waals surface area contributed by atoms with Gasteiger partial charge in [-0.25, -0.2) is 0 Å². The molecule has 6 nitrogen and oxygen atoms in total. The number of nitrogens with two attached hydrogens (primary N) is 1. The predicted octanol–water partition coefficient (Wildman–Crippen LogP) is 2.55. The number of benzene rings is 1. The summed E-state index contributed by atoms with van der Waals surface area (Å²) < 4.78 is 10.6. The van der Waals surface area contributed by atoms with Gasteiger partial charge in [-0.15, -0.1) is 0 Å².